The monoisotopic (exact) mass is 383 g/mol. The minimum Gasteiger partial charge on any atom is -0.399 e. The molecule has 0 unspecified atom stereocenters. The number of fused-ring (bicyclic) bond motifs is 3. The second-order valence-electron chi connectivity index (χ2n) is 5.88. The van der Waals surface area contributed by atoms with Crippen LogP contribution in [0.3, 0.4) is 0 Å². The van der Waals surface area contributed by atoms with E-state index in [4.69, 9.17) is 28.0 Å². The van der Waals surface area contributed by atoms with Gasteiger partial charge in [-0.05, 0) is 35.9 Å². The second-order valence-corrected chi connectivity index (χ2v) is 6.73. The average Bonchev–Trinajstić information content (AvgIpc) is 2.96. The maximum atomic E-state index is 6.38. The largest absolute Gasteiger partial charge is 0.399 e. The van der Waals surface area contributed by atoms with Gasteiger partial charge < -0.3 is 9.40 Å². The Morgan fingerprint density at radius 2 is 1.92 bits per heavy atom. The fourth-order valence-corrected chi connectivity index (χ4v) is 3.52. The number of rotatable bonds is 4. The Balaban J connectivity index is 1.92. The van der Waals surface area contributed by atoms with Gasteiger partial charge in [-0.3, -0.25) is 4.98 Å². The number of benzene rings is 2. The zero-order chi connectivity index (χ0) is 18.1. The molecule has 4 aromatic rings. The second kappa shape index (κ2) is 6.98. The number of hydrogen-bond donors (Lipinski definition) is 0. The lowest BCUT2D eigenvalue weighted by Gasteiger charge is -2.10. The standard InChI is InChI=1S/C20H15Cl2N3O/c1-26-24-10-15-9-17-16-4-2-3-5-19(16)25(20(17)11-23-15)12-13-8-14(21)6-7-18(13)22/h2-11H,12H2,1H3. The highest BCUT2D eigenvalue weighted by atomic mass is 35.5. The number of oxime groups is 1. The van der Waals surface area contributed by atoms with Crippen LogP contribution in [-0.4, -0.2) is 22.9 Å². The van der Waals surface area contributed by atoms with Crippen molar-refractivity contribution in [1.82, 2.24) is 9.55 Å². The van der Waals surface area contributed by atoms with Crippen LogP contribution in [0.4, 0.5) is 0 Å². The Labute approximate surface area is 160 Å². The van der Waals surface area contributed by atoms with Gasteiger partial charge in [0.15, 0.2) is 0 Å². The predicted octanol–water partition coefficient (Wildman–Crippen LogP) is 5.52. The Bertz CT molecular complexity index is 1130. The summed E-state index contributed by atoms with van der Waals surface area (Å²) < 4.78 is 2.20. The van der Waals surface area contributed by atoms with Crippen molar-refractivity contribution in [1.29, 1.82) is 0 Å². The molecule has 6 heteroatoms. The number of hydrogen-bond acceptors (Lipinski definition) is 3. The van der Waals surface area contributed by atoms with Gasteiger partial charge >= 0.3 is 0 Å². The first kappa shape index (κ1) is 16.9. The highest BCUT2D eigenvalue weighted by Gasteiger charge is 2.13. The van der Waals surface area contributed by atoms with Crippen molar-refractivity contribution in [2.75, 3.05) is 7.11 Å². The van der Waals surface area contributed by atoms with Gasteiger partial charge in [-0.1, -0.05) is 46.6 Å². The van der Waals surface area contributed by atoms with E-state index >= 15 is 0 Å². The van der Waals surface area contributed by atoms with Crippen LogP contribution in [0.15, 0.2) is 59.9 Å². The van der Waals surface area contributed by atoms with Crippen LogP contribution >= 0.6 is 23.2 Å². The van der Waals surface area contributed by atoms with Gasteiger partial charge in [0.25, 0.3) is 0 Å². The van der Waals surface area contributed by atoms with Crippen LogP contribution in [0, 0.1) is 0 Å². The lowest BCUT2D eigenvalue weighted by Crippen LogP contribution is -2.00. The SMILES string of the molecule is CON=Cc1cc2c3ccccc3n(Cc3cc(Cl)ccc3Cl)c2cn1. The van der Waals surface area contributed by atoms with E-state index in [1.165, 1.54) is 7.11 Å². The first-order valence-corrected chi connectivity index (χ1v) is 8.80. The number of aromatic nitrogens is 2. The fraction of sp³-hybridized carbons (Fsp3) is 0.100. The highest BCUT2D eigenvalue weighted by Crippen LogP contribution is 2.31. The molecule has 26 heavy (non-hydrogen) atoms. The first-order valence-electron chi connectivity index (χ1n) is 8.05. The van der Waals surface area contributed by atoms with Gasteiger partial charge in [-0.2, -0.15) is 0 Å². The maximum Gasteiger partial charge on any atom is 0.106 e. The summed E-state index contributed by atoms with van der Waals surface area (Å²) >= 11 is 12.5. The molecule has 0 fully saturated rings. The van der Waals surface area contributed by atoms with E-state index < -0.39 is 0 Å². The molecule has 0 aliphatic carbocycles. The zero-order valence-electron chi connectivity index (χ0n) is 14.0. The minimum atomic E-state index is 0.608. The van der Waals surface area contributed by atoms with Gasteiger partial charge in [-0.25, -0.2) is 0 Å². The summed E-state index contributed by atoms with van der Waals surface area (Å²) in [5, 5.41) is 7.41. The van der Waals surface area contributed by atoms with E-state index in [2.05, 4.69) is 26.8 Å². The molecular weight excluding hydrogens is 369 g/mol. The summed E-state index contributed by atoms with van der Waals surface area (Å²) in [6.07, 6.45) is 3.45. The van der Waals surface area contributed by atoms with Crippen molar-refractivity contribution in [2.45, 2.75) is 6.54 Å². The topological polar surface area (TPSA) is 39.4 Å². The quantitative estimate of drug-likeness (QED) is 0.343. The third kappa shape index (κ3) is 3.02. The Morgan fingerprint density at radius 3 is 2.77 bits per heavy atom. The molecular formula is C20H15Cl2N3O. The number of pyridine rings is 1. The fourth-order valence-electron chi connectivity index (χ4n) is 3.14. The Morgan fingerprint density at radius 1 is 1.08 bits per heavy atom. The van der Waals surface area contributed by atoms with E-state index in [0.717, 1.165) is 33.1 Å². The molecule has 0 aliphatic heterocycles. The molecule has 0 saturated heterocycles. The van der Waals surface area contributed by atoms with E-state index in [0.29, 0.717) is 16.6 Å². The summed E-state index contributed by atoms with van der Waals surface area (Å²) in [6.45, 7) is 0.608. The number of nitrogens with zero attached hydrogens (tertiary/aromatic N) is 3. The predicted molar refractivity (Wildman–Crippen MR) is 107 cm³/mol. The smallest absolute Gasteiger partial charge is 0.106 e. The van der Waals surface area contributed by atoms with Crippen molar-refractivity contribution in [3.05, 3.63) is 76.0 Å². The van der Waals surface area contributed by atoms with E-state index in [-0.39, 0.29) is 0 Å². The summed E-state index contributed by atoms with van der Waals surface area (Å²) in [5.41, 5.74) is 3.84. The van der Waals surface area contributed by atoms with Crippen molar-refractivity contribution < 1.29 is 4.84 Å². The minimum absolute atomic E-state index is 0.608. The van der Waals surface area contributed by atoms with Crippen LogP contribution < -0.4 is 0 Å². The molecule has 0 N–H and O–H groups in total. The molecule has 0 radical (unpaired) electrons. The van der Waals surface area contributed by atoms with Gasteiger partial charge in [0.2, 0.25) is 0 Å². The van der Waals surface area contributed by atoms with Crippen LogP contribution in [0.1, 0.15) is 11.3 Å². The highest BCUT2D eigenvalue weighted by molar-refractivity contribution is 6.33. The molecule has 0 amide bonds. The van der Waals surface area contributed by atoms with Gasteiger partial charge in [0, 0.05) is 32.9 Å². The van der Waals surface area contributed by atoms with E-state index in [9.17, 15) is 0 Å². The van der Waals surface area contributed by atoms with Crippen LogP contribution in [0.5, 0.6) is 0 Å². The summed E-state index contributed by atoms with van der Waals surface area (Å²) in [6, 6.07) is 15.8. The third-order valence-electron chi connectivity index (χ3n) is 4.31. The number of halogens is 2. The lowest BCUT2D eigenvalue weighted by atomic mass is 10.2. The first-order chi connectivity index (χ1) is 12.7. The summed E-state index contributed by atoms with van der Waals surface area (Å²) in [5.74, 6) is 0. The Hall–Kier alpha value is -2.56. The van der Waals surface area contributed by atoms with Crippen molar-refractivity contribution >= 4 is 51.2 Å². The van der Waals surface area contributed by atoms with E-state index in [1.54, 1.807) is 12.3 Å². The molecule has 0 saturated carbocycles. The average molecular weight is 384 g/mol. The molecule has 130 valence electrons. The molecule has 0 spiro atoms. The van der Waals surface area contributed by atoms with Crippen molar-refractivity contribution in [3.63, 3.8) is 0 Å². The molecule has 2 aromatic carbocycles. The summed E-state index contributed by atoms with van der Waals surface area (Å²) in [7, 11) is 1.51. The maximum absolute atomic E-state index is 6.38. The molecule has 2 heterocycles. The van der Waals surface area contributed by atoms with Crippen LogP contribution in [-0.2, 0) is 11.4 Å². The van der Waals surface area contributed by atoms with E-state index in [1.807, 2.05) is 36.5 Å². The van der Waals surface area contributed by atoms with Crippen LogP contribution in [0.2, 0.25) is 10.0 Å². The normalized spacial score (nSPS) is 11.7. The van der Waals surface area contributed by atoms with Crippen molar-refractivity contribution in [3.8, 4) is 0 Å². The lowest BCUT2D eigenvalue weighted by molar-refractivity contribution is 0.215. The van der Waals surface area contributed by atoms with Gasteiger partial charge in [0.05, 0.1) is 23.6 Å². The molecule has 0 bridgehead atoms. The molecule has 2 aromatic heterocycles. The Kier molecular flexibility index (Phi) is 4.53. The zero-order valence-corrected chi connectivity index (χ0v) is 15.5. The summed E-state index contributed by atoms with van der Waals surface area (Å²) in [4.78, 5) is 9.22. The van der Waals surface area contributed by atoms with Gasteiger partial charge in [-0.15, -0.1) is 0 Å². The number of para-hydroxylation sites is 1. The molecule has 0 aliphatic rings. The third-order valence-corrected chi connectivity index (χ3v) is 4.91. The molecule has 4 rings (SSSR count). The van der Waals surface area contributed by atoms with Crippen LogP contribution in [0.25, 0.3) is 21.8 Å². The van der Waals surface area contributed by atoms with Gasteiger partial charge in [0.1, 0.15) is 7.11 Å². The molecule has 4 nitrogen and oxygen atoms in total. The van der Waals surface area contributed by atoms with Crippen molar-refractivity contribution in [2.24, 2.45) is 5.16 Å². The molecule has 0 atom stereocenters.